The number of benzene rings is 1. The molecule has 0 saturated heterocycles. The quantitative estimate of drug-likeness (QED) is 0.864. The van der Waals surface area contributed by atoms with Crippen molar-refractivity contribution in [3.63, 3.8) is 0 Å². The molecule has 0 atom stereocenters. The Morgan fingerprint density at radius 1 is 1.44 bits per heavy atom. The Labute approximate surface area is 90.0 Å². The van der Waals surface area contributed by atoms with Crippen molar-refractivity contribution in [1.82, 2.24) is 0 Å². The van der Waals surface area contributed by atoms with Gasteiger partial charge in [0, 0.05) is 5.56 Å². The number of carbonyl (C=O) groups excluding carboxylic acids is 1. The monoisotopic (exact) mass is 233 g/mol. The Bertz CT molecular complexity index is 402. The molecule has 0 fully saturated rings. The average molecular weight is 233 g/mol. The largest absolute Gasteiger partial charge is 0.496 e. The molecular weight excluding hydrogens is 223 g/mol. The third kappa shape index (κ3) is 2.88. The Morgan fingerprint density at radius 3 is 2.50 bits per heavy atom. The van der Waals surface area contributed by atoms with Crippen LogP contribution >= 0.6 is 0 Å². The molecule has 0 bridgehead atoms. The molecule has 1 rings (SSSR count). The van der Waals surface area contributed by atoms with Gasteiger partial charge in [-0.25, -0.2) is 0 Å². The van der Waals surface area contributed by atoms with Gasteiger partial charge in [0.2, 0.25) is 5.91 Å². The van der Waals surface area contributed by atoms with E-state index in [2.05, 4.69) is 0 Å². The van der Waals surface area contributed by atoms with E-state index in [0.717, 1.165) is 12.1 Å². The van der Waals surface area contributed by atoms with Gasteiger partial charge < -0.3 is 10.5 Å². The van der Waals surface area contributed by atoms with Crippen molar-refractivity contribution in [3.05, 3.63) is 29.3 Å². The van der Waals surface area contributed by atoms with E-state index in [0.29, 0.717) is 0 Å². The van der Waals surface area contributed by atoms with Gasteiger partial charge in [0.1, 0.15) is 5.75 Å². The van der Waals surface area contributed by atoms with Crippen LogP contribution in [0.4, 0.5) is 13.2 Å². The number of halogens is 3. The summed E-state index contributed by atoms with van der Waals surface area (Å²) in [6.45, 7) is 0. The van der Waals surface area contributed by atoms with Gasteiger partial charge in [0.05, 0.1) is 19.1 Å². The minimum atomic E-state index is -4.45. The topological polar surface area (TPSA) is 52.3 Å². The molecule has 0 aliphatic heterocycles. The number of nitrogens with two attached hydrogens (primary N) is 1. The Kier molecular flexibility index (Phi) is 3.41. The third-order valence-corrected chi connectivity index (χ3v) is 1.97. The molecule has 0 heterocycles. The van der Waals surface area contributed by atoms with Crippen LogP contribution in [0.1, 0.15) is 11.1 Å². The maximum Gasteiger partial charge on any atom is 0.416 e. The lowest BCUT2D eigenvalue weighted by molar-refractivity contribution is -0.137. The van der Waals surface area contributed by atoms with Crippen LogP contribution in [0.5, 0.6) is 5.75 Å². The van der Waals surface area contributed by atoms with E-state index in [-0.39, 0.29) is 17.7 Å². The highest BCUT2D eigenvalue weighted by atomic mass is 19.4. The van der Waals surface area contributed by atoms with Crippen molar-refractivity contribution in [3.8, 4) is 5.75 Å². The third-order valence-electron chi connectivity index (χ3n) is 1.97. The van der Waals surface area contributed by atoms with Crippen molar-refractivity contribution in [2.75, 3.05) is 7.11 Å². The molecule has 1 aromatic carbocycles. The van der Waals surface area contributed by atoms with Gasteiger partial charge in [0.25, 0.3) is 0 Å². The summed E-state index contributed by atoms with van der Waals surface area (Å²) in [5.74, 6) is -0.496. The number of hydrogen-bond acceptors (Lipinski definition) is 2. The van der Waals surface area contributed by atoms with Gasteiger partial charge in [-0.3, -0.25) is 4.79 Å². The van der Waals surface area contributed by atoms with E-state index in [4.69, 9.17) is 10.5 Å². The van der Waals surface area contributed by atoms with Gasteiger partial charge in [-0.15, -0.1) is 0 Å². The van der Waals surface area contributed by atoms with Crippen LogP contribution in [0.3, 0.4) is 0 Å². The molecule has 0 radical (unpaired) electrons. The first-order valence-corrected chi connectivity index (χ1v) is 4.37. The summed E-state index contributed by atoms with van der Waals surface area (Å²) < 4.78 is 42.0. The summed E-state index contributed by atoms with van der Waals surface area (Å²) in [6, 6.07) is 2.92. The molecule has 0 aliphatic carbocycles. The fraction of sp³-hybridized carbons (Fsp3) is 0.300. The number of rotatable bonds is 3. The van der Waals surface area contributed by atoms with Crippen molar-refractivity contribution in [2.24, 2.45) is 5.73 Å². The summed E-state index contributed by atoms with van der Waals surface area (Å²) in [4.78, 5) is 10.7. The van der Waals surface area contributed by atoms with E-state index in [1.165, 1.54) is 13.2 Å². The normalized spacial score (nSPS) is 11.2. The highest BCUT2D eigenvalue weighted by Crippen LogP contribution is 2.32. The molecule has 88 valence electrons. The maximum absolute atomic E-state index is 12.4. The van der Waals surface area contributed by atoms with Gasteiger partial charge >= 0.3 is 6.18 Å². The van der Waals surface area contributed by atoms with Crippen LogP contribution in [0.15, 0.2) is 18.2 Å². The first kappa shape index (κ1) is 12.4. The second kappa shape index (κ2) is 4.42. The van der Waals surface area contributed by atoms with E-state index in [1.807, 2.05) is 0 Å². The standard InChI is InChI=1S/C10H10F3NO2/c1-16-8-3-2-7(10(11,12)13)4-6(8)5-9(14)15/h2-4H,5H2,1H3,(H2,14,15). The van der Waals surface area contributed by atoms with Gasteiger partial charge in [-0.05, 0) is 18.2 Å². The molecule has 0 saturated carbocycles. The first-order chi connectivity index (χ1) is 7.34. The number of methoxy groups -OCH3 is 1. The average Bonchev–Trinajstić information content (AvgIpc) is 2.15. The van der Waals surface area contributed by atoms with E-state index in [9.17, 15) is 18.0 Å². The van der Waals surface area contributed by atoms with Crippen LogP contribution in [0, 0.1) is 0 Å². The maximum atomic E-state index is 12.4. The molecule has 0 spiro atoms. The second-order valence-corrected chi connectivity index (χ2v) is 3.17. The zero-order valence-electron chi connectivity index (χ0n) is 8.47. The molecule has 0 aromatic heterocycles. The highest BCUT2D eigenvalue weighted by molar-refractivity contribution is 5.77. The molecule has 0 aliphatic rings. The van der Waals surface area contributed by atoms with Gasteiger partial charge in [0.15, 0.2) is 0 Å². The molecule has 16 heavy (non-hydrogen) atoms. The number of primary amides is 1. The van der Waals surface area contributed by atoms with Gasteiger partial charge in [-0.1, -0.05) is 0 Å². The molecule has 2 N–H and O–H groups in total. The number of ether oxygens (including phenoxy) is 1. The minimum Gasteiger partial charge on any atom is -0.496 e. The van der Waals surface area contributed by atoms with Gasteiger partial charge in [-0.2, -0.15) is 13.2 Å². The Morgan fingerprint density at radius 2 is 2.06 bits per heavy atom. The lowest BCUT2D eigenvalue weighted by Gasteiger charge is -2.11. The molecular formula is C10H10F3NO2. The fourth-order valence-electron chi connectivity index (χ4n) is 1.28. The predicted molar refractivity (Wildman–Crippen MR) is 50.9 cm³/mol. The number of carbonyl (C=O) groups is 1. The van der Waals surface area contributed by atoms with Crippen LogP contribution in [-0.4, -0.2) is 13.0 Å². The zero-order valence-corrected chi connectivity index (χ0v) is 8.47. The van der Waals surface area contributed by atoms with E-state index in [1.54, 1.807) is 0 Å². The van der Waals surface area contributed by atoms with Crippen LogP contribution in [-0.2, 0) is 17.4 Å². The van der Waals surface area contributed by atoms with Crippen LogP contribution in [0.2, 0.25) is 0 Å². The van der Waals surface area contributed by atoms with Crippen LogP contribution in [0.25, 0.3) is 0 Å². The van der Waals surface area contributed by atoms with Crippen molar-refractivity contribution >= 4 is 5.91 Å². The van der Waals surface area contributed by atoms with E-state index >= 15 is 0 Å². The minimum absolute atomic E-state index is 0.129. The van der Waals surface area contributed by atoms with Crippen LogP contribution < -0.4 is 10.5 Å². The first-order valence-electron chi connectivity index (χ1n) is 4.37. The summed E-state index contributed by atoms with van der Waals surface area (Å²) in [5, 5.41) is 0. The fourth-order valence-corrected chi connectivity index (χ4v) is 1.28. The summed E-state index contributed by atoms with van der Waals surface area (Å²) >= 11 is 0. The summed E-state index contributed by atoms with van der Waals surface area (Å²) in [7, 11) is 1.31. The molecule has 1 amide bonds. The lowest BCUT2D eigenvalue weighted by Crippen LogP contribution is -2.15. The Balaban J connectivity index is 3.16. The predicted octanol–water partition coefficient (Wildman–Crippen LogP) is 1.74. The molecule has 6 heteroatoms. The second-order valence-electron chi connectivity index (χ2n) is 3.17. The molecule has 3 nitrogen and oxygen atoms in total. The van der Waals surface area contributed by atoms with Crippen molar-refractivity contribution < 1.29 is 22.7 Å². The van der Waals surface area contributed by atoms with Crippen molar-refractivity contribution in [1.29, 1.82) is 0 Å². The molecule has 0 unspecified atom stereocenters. The summed E-state index contributed by atoms with van der Waals surface area (Å²) in [6.07, 6.45) is -4.73. The SMILES string of the molecule is COc1ccc(C(F)(F)F)cc1CC(N)=O. The number of alkyl halides is 3. The highest BCUT2D eigenvalue weighted by Gasteiger charge is 2.31. The molecule has 1 aromatic rings. The van der Waals surface area contributed by atoms with Crippen molar-refractivity contribution in [2.45, 2.75) is 12.6 Å². The lowest BCUT2D eigenvalue weighted by atomic mass is 10.1. The number of amides is 1. The Hall–Kier alpha value is -1.72. The zero-order chi connectivity index (χ0) is 12.3. The number of hydrogen-bond donors (Lipinski definition) is 1. The summed E-state index contributed by atoms with van der Waals surface area (Å²) in [5.41, 5.74) is 4.23. The van der Waals surface area contributed by atoms with E-state index < -0.39 is 17.6 Å². The smallest absolute Gasteiger partial charge is 0.416 e.